The minimum atomic E-state index is -3.68. The molecule has 0 aliphatic carbocycles. The Morgan fingerprint density at radius 3 is 2.45 bits per heavy atom. The molecule has 1 N–H and O–H groups in total. The predicted molar refractivity (Wildman–Crippen MR) is 76.8 cm³/mol. The molecule has 0 aliphatic rings. The largest absolute Gasteiger partial charge is 0.279 e. The van der Waals surface area contributed by atoms with Gasteiger partial charge in [-0.15, -0.1) is 0 Å². The monoisotopic (exact) mass is 285 g/mol. The van der Waals surface area contributed by atoms with Gasteiger partial charge in [-0.25, -0.2) is 8.42 Å². The number of fused-ring (bicyclic) bond motifs is 1. The molecular formula is C14H11N3O2S. The number of para-hydroxylation sites is 1. The van der Waals surface area contributed by atoms with E-state index in [9.17, 15) is 8.42 Å². The summed E-state index contributed by atoms with van der Waals surface area (Å²) in [5.41, 5.74) is 0.921. The van der Waals surface area contributed by atoms with Crippen LogP contribution in [0.2, 0.25) is 0 Å². The second kappa shape index (κ2) is 4.90. The van der Waals surface area contributed by atoms with E-state index >= 15 is 0 Å². The van der Waals surface area contributed by atoms with E-state index in [0.717, 1.165) is 5.39 Å². The molecule has 3 rings (SSSR count). The second-order valence-corrected chi connectivity index (χ2v) is 5.82. The third kappa shape index (κ3) is 2.33. The number of benzene rings is 1. The van der Waals surface area contributed by atoms with Gasteiger partial charge in [0.1, 0.15) is 4.90 Å². The van der Waals surface area contributed by atoms with E-state index in [-0.39, 0.29) is 4.90 Å². The number of rotatable bonds is 3. The van der Waals surface area contributed by atoms with Crippen LogP contribution in [-0.2, 0) is 10.0 Å². The Morgan fingerprint density at radius 1 is 0.900 bits per heavy atom. The van der Waals surface area contributed by atoms with E-state index < -0.39 is 10.0 Å². The van der Waals surface area contributed by atoms with E-state index in [0.29, 0.717) is 11.2 Å². The van der Waals surface area contributed by atoms with Crippen molar-refractivity contribution in [2.45, 2.75) is 4.90 Å². The molecule has 100 valence electrons. The van der Waals surface area contributed by atoms with Crippen molar-refractivity contribution in [3.8, 4) is 0 Å². The first-order valence-electron chi connectivity index (χ1n) is 5.93. The fraction of sp³-hybridized carbons (Fsp3) is 0. The number of sulfonamides is 1. The van der Waals surface area contributed by atoms with Crippen molar-refractivity contribution in [2.24, 2.45) is 0 Å². The number of nitrogens with zero attached hydrogens (tertiary/aromatic N) is 2. The molecule has 2 aromatic heterocycles. The van der Waals surface area contributed by atoms with E-state index in [4.69, 9.17) is 0 Å². The molecule has 0 saturated heterocycles. The summed E-state index contributed by atoms with van der Waals surface area (Å²) in [5, 5.41) is 0.783. The molecule has 0 saturated carbocycles. The first kappa shape index (κ1) is 12.6. The molecule has 0 atom stereocenters. The van der Waals surface area contributed by atoms with Crippen molar-refractivity contribution >= 4 is 26.6 Å². The summed E-state index contributed by atoms with van der Waals surface area (Å²) in [6.07, 6.45) is 4.63. The van der Waals surface area contributed by atoms with E-state index in [1.54, 1.807) is 36.5 Å². The molecular weight excluding hydrogens is 274 g/mol. The minimum absolute atomic E-state index is 0.160. The summed E-state index contributed by atoms with van der Waals surface area (Å²) < 4.78 is 27.4. The van der Waals surface area contributed by atoms with Crippen molar-refractivity contribution in [1.29, 1.82) is 0 Å². The fourth-order valence-corrected chi connectivity index (χ4v) is 3.16. The van der Waals surface area contributed by atoms with Crippen LogP contribution in [0.15, 0.2) is 66.0 Å². The Hall–Kier alpha value is -2.47. The van der Waals surface area contributed by atoms with E-state index in [1.165, 1.54) is 12.4 Å². The highest BCUT2D eigenvalue weighted by Gasteiger charge is 2.17. The van der Waals surface area contributed by atoms with Crippen molar-refractivity contribution in [3.05, 3.63) is 61.1 Å². The maximum absolute atomic E-state index is 12.4. The zero-order chi connectivity index (χ0) is 14.0. The Balaban J connectivity index is 2.10. The first-order valence-corrected chi connectivity index (χ1v) is 7.42. The first-order chi connectivity index (χ1) is 9.67. The van der Waals surface area contributed by atoms with Crippen molar-refractivity contribution < 1.29 is 8.42 Å². The average Bonchev–Trinajstić information content (AvgIpc) is 2.47. The standard InChI is InChI=1S/C14H11N3O2S/c18-20(19,17-12-6-9-15-10-7-12)13-5-1-3-11-4-2-8-16-14(11)13/h1-10H,(H,15,17). The van der Waals surface area contributed by atoms with Gasteiger partial charge in [0.2, 0.25) is 0 Å². The van der Waals surface area contributed by atoms with Crippen LogP contribution < -0.4 is 4.72 Å². The highest BCUT2D eigenvalue weighted by molar-refractivity contribution is 7.93. The maximum Gasteiger partial charge on any atom is 0.264 e. The number of aromatic nitrogens is 2. The van der Waals surface area contributed by atoms with Gasteiger partial charge in [0, 0.05) is 24.0 Å². The molecule has 3 aromatic rings. The van der Waals surface area contributed by atoms with Crippen LogP contribution >= 0.6 is 0 Å². The molecule has 20 heavy (non-hydrogen) atoms. The Kier molecular flexibility index (Phi) is 3.08. The molecule has 0 amide bonds. The summed E-state index contributed by atoms with van der Waals surface area (Å²) >= 11 is 0. The van der Waals surface area contributed by atoms with Crippen molar-refractivity contribution in [3.63, 3.8) is 0 Å². The molecule has 5 nitrogen and oxygen atoms in total. The van der Waals surface area contributed by atoms with Gasteiger partial charge < -0.3 is 0 Å². The van der Waals surface area contributed by atoms with Gasteiger partial charge in [0.25, 0.3) is 10.0 Å². The number of hydrogen-bond acceptors (Lipinski definition) is 4. The summed E-state index contributed by atoms with van der Waals surface area (Å²) in [5.74, 6) is 0. The number of hydrogen-bond donors (Lipinski definition) is 1. The smallest absolute Gasteiger partial charge is 0.264 e. The number of anilines is 1. The second-order valence-electron chi connectivity index (χ2n) is 4.17. The van der Waals surface area contributed by atoms with Crippen LogP contribution in [0.4, 0.5) is 5.69 Å². The summed E-state index contributed by atoms with van der Waals surface area (Å²) in [6, 6.07) is 11.9. The molecule has 0 unspecified atom stereocenters. The molecule has 0 aliphatic heterocycles. The summed E-state index contributed by atoms with van der Waals surface area (Å²) in [4.78, 5) is 8.17. The van der Waals surface area contributed by atoms with Crippen LogP contribution in [0.25, 0.3) is 10.9 Å². The quantitative estimate of drug-likeness (QED) is 0.802. The normalized spacial score (nSPS) is 11.4. The van der Waals surface area contributed by atoms with Gasteiger partial charge in [-0.2, -0.15) is 0 Å². The average molecular weight is 285 g/mol. The van der Waals surface area contributed by atoms with Crippen molar-refractivity contribution in [1.82, 2.24) is 9.97 Å². The molecule has 6 heteroatoms. The van der Waals surface area contributed by atoms with Crippen molar-refractivity contribution in [2.75, 3.05) is 4.72 Å². The van der Waals surface area contributed by atoms with Crippen LogP contribution in [0.3, 0.4) is 0 Å². The van der Waals surface area contributed by atoms with Gasteiger partial charge >= 0.3 is 0 Å². The molecule has 2 heterocycles. The number of pyridine rings is 2. The third-order valence-electron chi connectivity index (χ3n) is 2.82. The van der Waals surface area contributed by atoms with Crippen LogP contribution in [0.1, 0.15) is 0 Å². The van der Waals surface area contributed by atoms with E-state index in [1.807, 2.05) is 12.1 Å². The van der Waals surface area contributed by atoms with Crippen LogP contribution in [0.5, 0.6) is 0 Å². The molecule has 1 aromatic carbocycles. The molecule has 0 bridgehead atoms. The zero-order valence-electron chi connectivity index (χ0n) is 10.4. The molecule has 0 spiro atoms. The minimum Gasteiger partial charge on any atom is -0.279 e. The number of nitrogens with one attached hydrogen (secondary N) is 1. The van der Waals surface area contributed by atoms with Gasteiger partial charge in [-0.05, 0) is 24.3 Å². The third-order valence-corrected chi connectivity index (χ3v) is 4.23. The summed E-state index contributed by atoms with van der Waals surface area (Å²) in [7, 11) is -3.68. The highest BCUT2D eigenvalue weighted by atomic mass is 32.2. The van der Waals surface area contributed by atoms with Crippen LogP contribution in [0, 0.1) is 0 Å². The topological polar surface area (TPSA) is 72.0 Å². The van der Waals surface area contributed by atoms with Gasteiger partial charge in [0.05, 0.1) is 11.2 Å². The Bertz CT molecular complexity index is 843. The van der Waals surface area contributed by atoms with Gasteiger partial charge in [-0.3, -0.25) is 14.7 Å². The molecule has 0 fully saturated rings. The SMILES string of the molecule is O=S(=O)(Nc1ccncc1)c1cccc2cccnc12. The lowest BCUT2D eigenvalue weighted by molar-refractivity contribution is 0.602. The van der Waals surface area contributed by atoms with E-state index in [2.05, 4.69) is 14.7 Å². The van der Waals surface area contributed by atoms with Gasteiger partial charge in [-0.1, -0.05) is 18.2 Å². The predicted octanol–water partition coefficient (Wildman–Crippen LogP) is 2.43. The summed E-state index contributed by atoms with van der Waals surface area (Å²) in [6.45, 7) is 0. The lowest BCUT2D eigenvalue weighted by Gasteiger charge is -2.09. The lowest BCUT2D eigenvalue weighted by atomic mass is 10.2. The maximum atomic E-state index is 12.4. The Labute approximate surface area is 116 Å². The van der Waals surface area contributed by atoms with Crippen LogP contribution in [-0.4, -0.2) is 18.4 Å². The highest BCUT2D eigenvalue weighted by Crippen LogP contribution is 2.22. The zero-order valence-corrected chi connectivity index (χ0v) is 11.2. The molecule has 0 radical (unpaired) electrons. The fourth-order valence-electron chi connectivity index (χ4n) is 1.92. The lowest BCUT2D eigenvalue weighted by Crippen LogP contribution is -2.13. The Morgan fingerprint density at radius 2 is 1.65 bits per heavy atom. The van der Waals surface area contributed by atoms with Gasteiger partial charge in [0.15, 0.2) is 0 Å².